The van der Waals surface area contributed by atoms with Crippen LogP contribution in [0.4, 0.5) is 5.69 Å². The van der Waals surface area contributed by atoms with Gasteiger partial charge in [-0.05, 0) is 30.1 Å². The number of likely N-dealkylation sites (N-methyl/N-ethyl adjacent to an activating group) is 1. The molecule has 0 saturated heterocycles. The molecule has 2 N–H and O–H groups in total. The molecule has 2 heterocycles. The van der Waals surface area contributed by atoms with Gasteiger partial charge >= 0.3 is 0 Å². The van der Waals surface area contributed by atoms with Gasteiger partial charge in [0.2, 0.25) is 5.91 Å². The van der Waals surface area contributed by atoms with Crippen molar-refractivity contribution in [2.24, 2.45) is 0 Å². The number of nitrogens with one attached hydrogen (secondary N) is 2. The number of hydrogen-bond acceptors (Lipinski definition) is 5. The Bertz CT molecular complexity index is 982. The maximum atomic E-state index is 12.4. The highest BCUT2D eigenvalue weighted by atomic mass is 35.5. The summed E-state index contributed by atoms with van der Waals surface area (Å²) in [5.41, 5.74) is 0.892. The SMILES string of the molecule is CCN(CC(=O)Nc1c(Cl)cccc1Cl)Cc1nc2ccsc2c(=O)[nH]1. The molecule has 0 aliphatic rings. The molecule has 3 aromatic rings. The summed E-state index contributed by atoms with van der Waals surface area (Å²) in [5.74, 6) is 0.270. The monoisotopic (exact) mass is 410 g/mol. The van der Waals surface area contributed by atoms with Crippen LogP contribution in [0.25, 0.3) is 10.2 Å². The van der Waals surface area contributed by atoms with Crippen LogP contribution in [0.2, 0.25) is 10.0 Å². The first-order chi connectivity index (χ1) is 12.5. The minimum atomic E-state index is -0.249. The molecule has 0 unspecified atom stereocenters. The van der Waals surface area contributed by atoms with E-state index < -0.39 is 0 Å². The Labute approximate surface area is 163 Å². The van der Waals surface area contributed by atoms with Crippen LogP contribution in [-0.4, -0.2) is 33.9 Å². The molecule has 0 saturated carbocycles. The van der Waals surface area contributed by atoms with E-state index in [2.05, 4.69) is 15.3 Å². The minimum absolute atomic E-state index is 0.115. The van der Waals surface area contributed by atoms with Gasteiger partial charge in [0.05, 0.1) is 34.3 Å². The highest BCUT2D eigenvalue weighted by molar-refractivity contribution is 7.17. The fourth-order valence-electron chi connectivity index (χ4n) is 2.49. The van der Waals surface area contributed by atoms with E-state index >= 15 is 0 Å². The number of hydrogen-bond donors (Lipinski definition) is 2. The molecule has 26 heavy (non-hydrogen) atoms. The van der Waals surface area contributed by atoms with E-state index in [9.17, 15) is 9.59 Å². The van der Waals surface area contributed by atoms with Crippen LogP contribution < -0.4 is 10.9 Å². The number of aromatic amines is 1. The first-order valence-electron chi connectivity index (χ1n) is 7.90. The zero-order valence-corrected chi connectivity index (χ0v) is 16.2. The second-order valence-electron chi connectivity index (χ2n) is 5.60. The van der Waals surface area contributed by atoms with Gasteiger partial charge in [0.15, 0.2) is 0 Å². The van der Waals surface area contributed by atoms with Gasteiger partial charge in [-0.2, -0.15) is 0 Å². The summed E-state index contributed by atoms with van der Waals surface area (Å²) in [7, 11) is 0. The standard InChI is InChI=1S/C17H16Cl2N4O2S/c1-2-23(8-13-20-12-6-7-26-16(12)17(25)21-13)9-14(24)22-15-10(18)4-3-5-11(15)19/h3-7H,2,8-9H2,1H3,(H,22,24)(H,20,21,25). The second kappa shape index (κ2) is 8.18. The fraction of sp³-hybridized carbons (Fsp3) is 0.235. The number of halogens is 2. The van der Waals surface area contributed by atoms with Gasteiger partial charge in [0.25, 0.3) is 5.56 Å². The third kappa shape index (κ3) is 4.24. The number of H-pyrrole nitrogens is 1. The van der Waals surface area contributed by atoms with Gasteiger partial charge in [-0.1, -0.05) is 36.2 Å². The molecule has 1 aromatic carbocycles. The maximum Gasteiger partial charge on any atom is 0.268 e. The van der Waals surface area contributed by atoms with Crippen LogP contribution in [0.3, 0.4) is 0 Å². The van der Waals surface area contributed by atoms with Gasteiger partial charge in [0.1, 0.15) is 10.5 Å². The van der Waals surface area contributed by atoms with E-state index in [0.717, 1.165) is 0 Å². The average molecular weight is 411 g/mol. The molecule has 6 nitrogen and oxygen atoms in total. The minimum Gasteiger partial charge on any atom is -0.322 e. The molecule has 0 fully saturated rings. The van der Waals surface area contributed by atoms with E-state index in [1.807, 2.05) is 17.2 Å². The molecule has 3 rings (SSSR count). The van der Waals surface area contributed by atoms with Gasteiger partial charge in [0, 0.05) is 0 Å². The van der Waals surface area contributed by atoms with Crippen LogP contribution >= 0.6 is 34.5 Å². The highest BCUT2D eigenvalue weighted by Crippen LogP contribution is 2.29. The lowest BCUT2D eigenvalue weighted by atomic mass is 10.3. The smallest absolute Gasteiger partial charge is 0.268 e. The van der Waals surface area contributed by atoms with Gasteiger partial charge < -0.3 is 10.3 Å². The van der Waals surface area contributed by atoms with Gasteiger partial charge in [-0.25, -0.2) is 4.98 Å². The number of nitrogens with zero attached hydrogens (tertiary/aromatic N) is 2. The summed E-state index contributed by atoms with van der Waals surface area (Å²) in [4.78, 5) is 33.5. The van der Waals surface area contributed by atoms with Crippen molar-refractivity contribution in [3.8, 4) is 0 Å². The highest BCUT2D eigenvalue weighted by Gasteiger charge is 2.15. The van der Waals surface area contributed by atoms with E-state index in [0.29, 0.717) is 44.9 Å². The number of anilines is 1. The predicted octanol–water partition coefficient (Wildman–Crippen LogP) is 3.75. The summed E-state index contributed by atoms with van der Waals surface area (Å²) in [6, 6.07) is 6.83. The Hall–Kier alpha value is -1.93. The molecule has 0 bridgehead atoms. The number of carbonyl (C=O) groups is 1. The number of carbonyl (C=O) groups excluding carboxylic acids is 1. The van der Waals surface area contributed by atoms with Gasteiger partial charge in [-0.3, -0.25) is 14.5 Å². The van der Waals surface area contributed by atoms with Crippen molar-refractivity contribution in [1.29, 1.82) is 0 Å². The molecule has 1 amide bonds. The largest absolute Gasteiger partial charge is 0.322 e. The summed E-state index contributed by atoms with van der Waals surface area (Å²) >= 11 is 13.5. The van der Waals surface area contributed by atoms with Crippen LogP contribution in [0.15, 0.2) is 34.4 Å². The summed E-state index contributed by atoms with van der Waals surface area (Å²) in [6.45, 7) is 3.00. The lowest BCUT2D eigenvalue weighted by molar-refractivity contribution is -0.117. The van der Waals surface area contributed by atoms with Crippen LogP contribution in [0.1, 0.15) is 12.7 Å². The van der Waals surface area contributed by atoms with Crippen molar-refractivity contribution in [1.82, 2.24) is 14.9 Å². The first-order valence-corrected chi connectivity index (χ1v) is 9.54. The van der Waals surface area contributed by atoms with Crippen molar-refractivity contribution in [3.63, 3.8) is 0 Å². The molecule has 0 radical (unpaired) electrons. The number of fused-ring (bicyclic) bond motifs is 1. The molecule has 0 atom stereocenters. The zero-order chi connectivity index (χ0) is 18.7. The van der Waals surface area contributed by atoms with Crippen molar-refractivity contribution in [2.75, 3.05) is 18.4 Å². The molecular weight excluding hydrogens is 395 g/mol. The predicted molar refractivity (Wildman–Crippen MR) is 106 cm³/mol. The normalized spacial score (nSPS) is 11.2. The molecule has 9 heteroatoms. The van der Waals surface area contributed by atoms with E-state index in [1.54, 1.807) is 24.3 Å². The number of thiophene rings is 1. The Morgan fingerprint density at radius 2 is 2.04 bits per heavy atom. The van der Waals surface area contributed by atoms with Crippen molar-refractivity contribution in [2.45, 2.75) is 13.5 Å². The second-order valence-corrected chi connectivity index (χ2v) is 7.33. The Morgan fingerprint density at radius 1 is 1.31 bits per heavy atom. The molecule has 2 aromatic heterocycles. The summed E-state index contributed by atoms with van der Waals surface area (Å²) in [6.07, 6.45) is 0. The number of para-hydroxylation sites is 1. The first kappa shape index (κ1) is 18.8. The number of benzene rings is 1. The maximum absolute atomic E-state index is 12.4. The molecule has 0 spiro atoms. The number of aromatic nitrogens is 2. The number of amides is 1. The summed E-state index contributed by atoms with van der Waals surface area (Å²) < 4.78 is 0.600. The fourth-order valence-corrected chi connectivity index (χ4v) is 3.70. The van der Waals surface area contributed by atoms with Crippen LogP contribution in [-0.2, 0) is 11.3 Å². The number of rotatable bonds is 6. The molecular formula is C17H16Cl2N4O2S. The van der Waals surface area contributed by atoms with E-state index in [1.165, 1.54) is 11.3 Å². The third-order valence-electron chi connectivity index (χ3n) is 3.78. The molecule has 136 valence electrons. The topological polar surface area (TPSA) is 78.1 Å². The van der Waals surface area contributed by atoms with Crippen molar-refractivity contribution < 1.29 is 4.79 Å². The molecule has 0 aliphatic heterocycles. The Kier molecular flexibility index (Phi) is 5.93. The Balaban J connectivity index is 1.70. The summed E-state index contributed by atoms with van der Waals surface area (Å²) in [5, 5.41) is 5.31. The molecule has 0 aliphatic carbocycles. The lowest BCUT2D eigenvalue weighted by Gasteiger charge is -2.19. The Morgan fingerprint density at radius 3 is 2.73 bits per heavy atom. The average Bonchev–Trinajstić information content (AvgIpc) is 3.07. The lowest BCUT2D eigenvalue weighted by Crippen LogP contribution is -2.34. The van der Waals surface area contributed by atoms with E-state index in [4.69, 9.17) is 23.2 Å². The van der Waals surface area contributed by atoms with Gasteiger partial charge in [-0.15, -0.1) is 11.3 Å². The third-order valence-corrected chi connectivity index (χ3v) is 5.31. The van der Waals surface area contributed by atoms with Crippen LogP contribution in [0.5, 0.6) is 0 Å². The zero-order valence-electron chi connectivity index (χ0n) is 13.9. The van der Waals surface area contributed by atoms with Crippen molar-refractivity contribution in [3.05, 3.63) is 55.9 Å². The van der Waals surface area contributed by atoms with E-state index in [-0.39, 0.29) is 18.0 Å². The quantitative estimate of drug-likeness (QED) is 0.648. The van der Waals surface area contributed by atoms with Crippen LogP contribution in [0, 0.1) is 0 Å². The van der Waals surface area contributed by atoms with Crippen molar-refractivity contribution >= 4 is 56.3 Å².